The Labute approximate surface area is 106 Å². The molecule has 0 radical (unpaired) electrons. The molecule has 0 amide bonds. The Bertz CT molecular complexity index is 363. The van der Waals surface area contributed by atoms with Crippen molar-refractivity contribution in [1.29, 1.82) is 0 Å². The van der Waals surface area contributed by atoms with Gasteiger partial charge in [-0.05, 0) is 43.8 Å². The molecule has 0 unspecified atom stereocenters. The second-order valence-corrected chi connectivity index (χ2v) is 5.66. The summed E-state index contributed by atoms with van der Waals surface area (Å²) in [4.78, 5) is 4.78. The molecule has 16 heavy (non-hydrogen) atoms. The lowest BCUT2D eigenvalue weighted by molar-refractivity contribution is 0.225. The molecule has 1 heterocycles. The van der Waals surface area contributed by atoms with Crippen LogP contribution in [0.25, 0.3) is 0 Å². The average molecular weight is 283 g/mol. The van der Waals surface area contributed by atoms with Gasteiger partial charge in [0.05, 0.1) is 0 Å². The van der Waals surface area contributed by atoms with Crippen molar-refractivity contribution in [2.24, 2.45) is 0 Å². The zero-order valence-electron chi connectivity index (χ0n) is 10.0. The van der Waals surface area contributed by atoms with E-state index in [0.29, 0.717) is 0 Å². The van der Waals surface area contributed by atoms with Gasteiger partial charge in [-0.2, -0.15) is 0 Å². The van der Waals surface area contributed by atoms with E-state index < -0.39 is 0 Å². The van der Waals surface area contributed by atoms with Crippen molar-refractivity contribution in [3.8, 4) is 0 Å². The Kier molecular flexibility index (Phi) is 4.00. The highest BCUT2D eigenvalue weighted by Gasteiger charge is 2.15. The number of likely N-dealkylation sites (N-methyl/N-ethyl adjacent to an activating group) is 1. The number of fused-ring (bicyclic) bond motifs is 1. The van der Waals surface area contributed by atoms with Gasteiger partial charge in [0, 0.05) is 30.7 Å². The Hall–Kier alpha value is -0.380. The molecule has 0 aliphatic carbocycles. The molecular weight excluding hydrogens is 264 g/mol. The van der Waals surface area contributed by atoms with Crippen LogP contribution in [-0.4, -0.2) is 43.5 Å². The van der Waals surface area contributed by atoms with Crippen LogP contribution >= 0.6 is 15.9 Å². The minimum atomic E-state index is 1.10. The quantitative estimate of drug-likeness (QED) is 0.840. The lowest BCUT2D eigenvalue weighted by atomic mass is 10.00. The molecule has 3 heteroatoms. The van der Waals surface area contributed by atoms with Crippen LogP contribution in [0.2, 0.25) is 0 Å². The van der Waals surface area contributed by atoms with E-state index in [1.807, 2.05) is 0 Å². The summed E-state index contributed by atoms with van der Waals surface area (Å²) < 4.78 is 1.20. The fraction of sp³-hybridized carbons (Fsp3) is 0.538. The molecule has 1 aliphatic heterocycles. The summed E-state index contributed by atoms with van der Waals surface area (Å²) in [6.07, 6.45) is 1.19. The van der Waals surface area contributed by atoms with Crippen LogP contribution in [0.3, 0.4) is 0 Å². The van der Waals surface area contributed by atoms with Gasteiger partial charge < -0.3 is 4.90 Å². The van der Waals surface area contributed by atoms with E-state index in [2.05, 4.69) is 58.0 Å². The van der Waals surface area contributed by atoms with E-state index in [-0.39, 0.29) is 0 Å². The molecule has 0 saturated heterocycles. The normalized spacial score (nSPS) is 16.5. The van der Waals surface area contributed by atoms with Gasteiger partial charge in [0.2, 0.25) is 0 Å². The molecule has 1 aliphatic rings. The zero-order valence-corrected chi connectivity index (χ0v) is 11.6. The molecule has 1 aromatic rings. The maximum absolute atomic E-state index is 3.55. The molecule has 0 aromatic heterocycles. The first-order valence-electron chi connectivity index (χ1n) is 5.79. The van der Waals surface area contributed by atoms with Gasteiger partial charge in [-0.3, -0.25) is 4.90 Å². The van der Waals surface area contributed by atoms with Crippen LogP contribution in [0.1, 0.15) is 11.1 Å². The first-order chi connectivity index (χ1) is 7.65. The first kappa shape index (κ1) is 12.1. The summed E-state index contributed by atoms with van der Waals surface area (Å²) in [5, 5.41) is 0. The predicted octanol–water partition coefficient (Wildman–Crippen LogP) is 2.37. The SMILES string of the molecule is CN(C)CCN1CCc2ccc(Br)cc2C1. The molecule has 0 bridgehead atoms. The standard InChI is InChI=1S/C13H19BrN2/c1-15(2)7-8-16-6-5-11-3-4-13(14)9-12(11)10-16/h3-4,9H,5-8,10H2,1-2H3. The molecular formula is C13H19BrN2. The summed E-state index contributed by atoms with van der Waals surface area (Å²) in [6.45, 7) is 4.60. The van der Waals surface area contributed by atoms with Gasteiger partial charge in [-0.25, -0.2) is 0 Å². The van der Waals surface area contributed by atoms with Crippen LogP contribution < -0.4 is 0 Å². The largest absolute Gasteiger partial charge is 0.308 e. The predicted molar refractivity (Wildman–Crippen MR) is 71.7 cm³/mol. The topological polar surface area (TPSA) is 6.48 Å². The van der Waals surface area contributed by atoms with Gasteiger partial charge in [-0.1, -0.05) is 22.0 Å². The number of rotatable bonds is 3. The Balaban J connectivity index is 1.99. The minimum absolute atomic E-state index is 1.10. The third-order valence-corrected chi connectivity index (χ3v) is 3.62. The van der Waals surface area contributed by atoms with Gasteiger partial charge in [0.1, 0.15) is 0 Å². The maximum atomic E-state index is 3.55. The molecule has 2 nitrogen and oxygen atoms in total. The van der Waals surface area contributed by atoms with Crippen molar-refractivity contribution >= 4 is 15.9 Å². The summed E-state index contributed by atoms with van der Waals surface area (Å²) in [5.74, 6) is 0. The lowest BCUT2D eigenvalue weighted by Gasteiger charge is -2.29. The van der Waals surface area contributed by atoms with Gasteiger partial charge >= 0.3 is 0 Å². The Morgan fingerprint density at radius 3 is 2.88 bits per heavy atom. The van der Waals surface area contributed by atoms with Crippen LogP contribution in [-0.2, 0) is 13.0 Å². The summed E-state index contributed by atoms with van der Waals surface area (Å²) in [7, 11) is 4.27. The van der Waals surface area contributed by atoms with E-state index in [4.69, 9.17) is 0 Å². The molecule has 1 aromatic carbocycles. The molecule has 88 valence electrons. The Morgan fingerprint density at radius 1 is 1.31 bits per heavy atom. The molecule has 0 fully saturated rings. The van der Waals surface area contributed by atoms with Crippen LogP contribution in [0.4, 0.5) is 0 Å². The van der Waals surface area contributed by atoms with Crippen molar-refractivity contribution < 1.29 is 0 Å². The van der Waals surface area contributed by atoms with E-state index in [9.17, 15) is 0 Å². The third-order valence-electron chi connectivity index (χ3n) is 3.12. The van der Waals surface area contributed by atoms with E-state index in [0.717, 1.165) is 13.1 Å². The third kappa shape index (κ3) is 3.06. The summed E-state index contributed by atoms with van der Waals surface area (Å²) in [5.41, 5.74) is 3.00. The van der Waals surface area contributed by atoms with Gasteiger partial charge in [-0.15, -0.1) is 0 Å². The number of nitrogens with zero attached hydrogens (tertiary/aromatic N) is 2. The van der Waals surface area contributed by atoms with Gasteiger partial charge in [0.15, 0.2) is 0 Å². The van der Waals surface area contributed by atoms with Crippen LogP contribution in [0.5, 0.6) is 0 Å². The van der Waals surface area contributed by atoms with Crippen molar-refractivity contribution in [2.45, 2.75) is 13.0 Å². The van der Waals surface area contributed by atoms with Gasteiger partial charge in [0.25, 0.3) is 0 Å². The highest BCUT2D eigenvalue weighted by atomic mass is 79.9. The molecule has 0 N–H and O–H groups in total. The number of benzene rings is 1. The van der Waals surface area contributed by atoms with Crippen molar-refractivity contribution in [2.75, 3.05) is 33.7 Å². The number of halogens is 1. The number of hydrogen-bond acceptors (Lipinski definition) is 2. The highest BCUT2D eigenvalue weighted by Crippen LogP contribution is 2.22. The number of hydrogen-bond donors (Lipinski definition) is 0. The van der Waals surface area contributed by atoms with Crippen LogP contribution in [0, 0.1) is 0 Å². The average Bonchev–Trinajstić information content (AvgIpc) is 2.25. The molecule has 0 saturated carbocycles. The second kappa shape index (κ2) is 5.30. The van der Waals surface area contributed by atoms with Crippen molar-refractivity contribution in [3.63, 3.8) is 0 Å². The first-order valence-corrected chi connectivity index (χ1v) is 6.59. The summed E-state index contributed by atoms with van der Waals surface area (Å²) >= 11 is 3.55. The van der Waals surface area contributed by atoms with E-state index >= 15 is 0 Å². The molecule has 0 spiro atoms. The van der Waals surface area contributed by atoms with Crippen molar-refractivity contribution in [3.05, 3.63) is 33.8 Å². The van der Waals surface area contributed by atoms with E-state index in [1.54, 1.807) is 0 Å². The fourth-order valence-corrected chi connectivity index (χ4v) is 2.52. The maximum Gasteiger partial charge on any atom is 0.0237 e. The zero-order chi connectivity index (χ0) is 11.5. The smallest absolute Gasteiger partial charge is 0.0237 e. The van der Waals surface area contributed by atoms with E-state index in [1.165, 1.54) is 35.1 Å². The lowest BCUT2D eigenvalue weighted by Crippen LogP contribution is -2.35. The minimum Gasteiger partial charge on any atom is -0.308 e. The Morgan fingerprint density at radius 2 is 2.12 bits per heavy atom. The summed E-state index contributed by atoms with van der Waals surface area (Å²) in [6, 6.07) is 6.66. The molecule has 0 atom stereocenters. The second-order valence-electron chi connectivity index (χ2n) is 4.74. The van der Waals surface area contributed by atoms with Crippen molar-refractivity contribution in [1.82, 2.24) is 9.80 Å². The monoisotopic (exact) mass is 282 g/mol. The fourth-order valence-electron chi connectivity index (χ4n) is 2.12. The molecule has 2 rings (SSSR count). The van der Waals surface area contributed by atoms with Crippen LogP contribution in [0.15, 0.2) is 22.7 Å². The highest BCUT2D eigenvalue weighted by molar-refractivity contribution is 9.10.